The molecule has 0 radical (unpaired) electrons. The maximum absolute atomic E-state index is 12.5. The molecule has 0 spiro atoms. The van der Waals surface area contributed by atoms with Gasteiger partial charge in [-0.2, -0.15) is 0 Å². The van der Waals surface area contributed by atoms with Gasteiger partial charge in [0.25, 0.3) is 0 Å². The van der Waals surface area contributed by atoms with E-state index in [0.717, 1.165) is 38.5 Å². The zero-order valence-electron chi connectivity index (χ0n) is 15.1. The van der Waals surface area contributed by atoms with Crippen molar-refractivity contribution < 1.29 is 4.79 Å². The number of nitrogens with zero attached hydrogens (tertiary/aromatic N) is 5. The summed E-state index contributed by atoms with van der Waals surface area (Å²) in [6, 6.07) is 8.28. The van der Waals surface area contributed by atoms with Crippen molar-refractivity contribution in [3.8, 4) is 0 Å². The molecular weight excluding hydrogens is 316 g/mol. The third kappa shape index (κ3) is 4.17. The van der Waals surface area contributed by atoms with Gasteiger partial charge in [-0.3, -0.25) is 4.90 Å². The van der Waals surface area contributed by atoms with E-state index in [1.807, 2.05) is 23.4 Å². The Balaban J connectivity index is 1.49. The van der Waals surface area contributed by atoms with Gasteiger partial charge in [-0.25, -0.2) is 4.79 Å². The lowest BCUT2D eigenvalue weighted by molar-refractivity contribution is 0.133. The van der Waals surface area contributed by atoms with Gasteiger partial charge in [-0.1, -0.05) is 24.3 Å². The van der Waals surface area contributed by atoms with Crippen molar-refractivity contribution in [2.45, 2.75) is 26.4 Å². The van der Waals surface area contributed by atoms with E-state index in [9.17, 15) is 4.79 Å². The number of piperazine rings is 1. The first-order chi connectivity index (χ1) is 12.0. The van der Waals surface area contributed by atoms with E-state index < -0.39 is 0 Å². The zero-order valence-corrected chi connectivity index (χ0v) is 15.1. The van der Waals surface area contributed by atoms with Gasteiger partial charge in [0.15, 0.2) is 5.82 Å². The molecule has 1 N–H and O–H groups in total. The molecule has 0 bridgehead atoms. The van der Waals surface area contributed by atoms with Gasteiger partial charge in [0.05, 0.1) is 6.04 Å². The van der Waals surface area contributed by atoms with E-state index in [0.29, 0.717) is 0 Å². The first kappa shape index (κ1) is 17.4. The van der Waals surface area contributed by atoms with Crippen LogP contribution in [0, 0.1) is 6.92 Å². The molecule has 1 saturated heterocycles. The smallest absolute Gasteiger partial charge is 0.318 e. The van der Waals surface area contributed by atoms with Crippen LogP contribution in [0.3, 0.4) is 0 Å². The molecule has 2 amide bonds. The molecule has 1 fully saturated rings. The Labute approximate surface area is 148 Å². The fourth-order valence-electron chi connectivity index (χ4n) is 3.16. The minimum absolute atomic E-state index is 0.0361. The standard InChI is InChI=1S/C18H26N6O/c1-14-6-4-5-7-16(14)12-23-8-10-24(11-9-23)18(25)20-15(2)17-21-19-13-22(17)3/h4-7,13,15H,8-12H2,1-3H3,(H,20,25)/t15-/m0/s1. The molecule has 7 heteroatoms. The maximum atomic E-state index is 12.5. The van der Waals surface area contributed by atoms with E-state index in [1.54, 1.807) is 6.33 Å². The Bertz CT molecular complexity index is 720. The van der Waals surface area contributed by atoms with E-state index in [4.69, 9.17) is 0 Å². The number of amides is 2. The number of hydrogen-bond donors (Lipinski definition) is 1. The van der Waals surface area contributed by atoms with Crippen molar-refractivity contribution in [1.82, 2.24) is 29.9 Å². The molecule has 7 nitrogen and oxygen atoms in total. The molecule has 1 aliphatic rings. The van der Waals surface area contributed by atoms with Crippen LogP contribution in [0.15, 0.2) is 30.6 Å². The summed E-state index contributed by atoms with van der Waals surface area (Å²) in [5, 5.41) is 10.9. The molecule has 0 aliphatic carbocycles. The molecule has 1 aliphatic heterocycles. The lowest BCUT2D eigenvalue weighted by atomic mass is 10.1. The third-order valence-corrected chi connectivity index (χ3v) is 4.79. The van der Waals surface area contributed by atoms with E-state index in [-0.39, 0.29) is 12.1 Å². The van der Waals surface area contributed by atoms with Gasteiger partial charge in [0, 0.05) is 39.8 Å². The number of hydrogen-bond acceptors (Lipinski definition) is 4. The Kier molecular flexibility index (Phi) is 5.33. The molecule has 1 atom stereocenters. The number of carbonyl (C=O) groups is 1. The average Bonchev–Trinajstić information content (AvgIpc) is 3.03. The lowest BCUT2D eigenvalue weighted by Gasteiger charge is -2.35. The van der Waals surface area contributed by atoms with Crippen LogP contribution >= 0.6 is 0 Å². The normalized spacial score (nSPS) is 16.7. The number of aryl methyl sites for hydroxylation is 2. The summed E-state index contributed by atoms with van der Waals surface area (Å²) in [4.78, 5) is 16.8. The van der Waals surface area contributed by atoms with Crippen molar-refractivity contribution >= 4 is 6.03 Å². The highest BCUT2D eigenvalue weighted by Crippen LogP contribution is 2.13. The molecule has 2 aromatic rings. The van der Waals surface area contributed by atoms with E-state index in [2.05, 4.69) is 51.6 Å². The molecule has 0 unspecified atom stereocenters. The number of benzene rings is 1. The molecule has 134 valence electrons. The van der Waals surface area contributed by atoms with Crippen LogP contribution in [0.4, 0.5) is 4.79 Å². The van der Waals surface area contributed by atoms with Gasteiger partial charge in [0.1, 0.15) is 6.33 Å². The summed E-state index contributed by atoms with van der Waals surface area (Å²) in [6.45, 7) is 8.27. The fraction of sp³-hybridized carbons (Fsp3) is 0.500. The summed E-state index contributed by atoms with van der Waals surface area (Å²) in [5.41, 5.74) is 2.68. The molecule has 2 heterocycles. The van der Waals surface area contributed by atoms with Crippen molar-refractivity contribution in [3.05, 3.63) is 47.5 Å². The van der Waals surface area contributed by atoms with Gasteiger partial charge in [-0.15, -0.1) is 10.2 Å². The predicted octanol–water partition coefficient (Wildman–Crippen LogP) is 1.71. The number of urea groups is 1. The van der Waals surface area contributed by atoms with Crippen molar-refractivity contribution in [2.24, 2.45) is 7.05 Å². The molecule has 1 aromatic heterocycles. The summed E-state index contributed by atoms with van der Waals surface area (Å²) < 4.78 is 1.82. The van der Waals surface area contributed by atoms with Crippen LogP contribution in [0.1, 0.15) is 29.9 Å². The third-order valence-electron chi connectivity index (χ3n) is 4.79. The van der Waals surface area contributed by atoms with Gasteiger partial charge >= 0.3 is 6.03 Å². The maximum Gasteiger partial charge on any atom is 0.318 e. The second-order valence-corrected chi connectivity index (χ2v) is 6.66. The topological polar surface area (TPSA) is 66.3 Å². The number of nitrogens with one attached hydrogen (secondary N) is 1. The lowest BCUT2D eigenvalue weighted by Crippen LogP contribution is -2.51. The summed E-state index contributed by atoms with van der Waals surface area (Å²) in [7, 11) is 1.88. The first-order valence-corrected chi connectivity index (χ1v) is 8.71. The number of rotatable bonds is 4. The SMILES string of the molecule is Cc1ccccc1CN1CCN(C(=O)N[C@@H](C)c2nncn2C)CC1. The highest BCUT2D eigenvalue weighted by molar-refractivity contribution is 5.74. The molecule has 3 rings (SSSR count). The molecule has 25 heavy (non-hydrogen) atoms. The summed E-state index contributed by atoms with van der Waals surface area (Å²) in [6.07, 6.45) is 1.64. The summed E-state index contributed by atoms with van der Waals surface area (Å²) in [5.74, 6) is 0.756. The van der Waals surface area contributed by atoms with Crippen LogP contribution < -0.4 is 5.32 Å². The van der Waals surface area contributed by atoms with Crippen LogP contribution in [0.2, 0.25) is 0 Å². The fourth-order valence-corrected chi connectivity index (χ4v) is 3.16. The minimum Gasteiger partial charge on any atom is -0.328 e. The van der Waals surface area contributed by atoms with Crippen LogP contribution in [-0.4, -0.2) is 56.8 Å². The van der Waals surface area contributed by atoms with Gasteiger partial charge in [-0.05, 0) is 25.0 Å². The van der Waals surface area contributed by atoms with Crippen molar-refractivity contribution in [2.75, 3.05) is 26.2 Å². The van der Waals surface area contributed by atoms with Crippen LogP contribution in [0.25, 0.3) is 0 Å². The van der Waals surface area contributed by atoms with E-state index >= 15 is 0 Å². The highest BCUT2D eigenvalue weighted by Gasteiger charge is 2.23. The second kappa shape index (κ2) is 7.65. The van der Waals surface area contributed by atoms with Crippen LogP contribution in [-0.2, 0) is 13.6 Å². The molecule has 0 saturated carbocycles. The zero-order chi connectivity index (χ0) is 17.8. The first-order valence-electron chi connectivity index (χ1n) is 8.71. The largest absolute Gasteiger partial charge is 0.328 e. The Morgan fingerprint density at radius 1 is 1.24 bits per heavy atom. The van der Waals surface area contributed by atoms with Gasteiger partial charge < -0.3 is 14.8 Å². The van der Waals surface area contributed by atoms with Gasteiger partial charge in [0.2, 0.25) is 0 Å². The molecule has 1 aromatic carbocycles. The predicted molar refractivity (Wildman–Crippen MR) is 96.0 cm³/mol. The second-order valence-electron chi connectivity index (χ2n) is 6.66. The number of carbonyl (C=O) groups excluding carboxylic acids is 1. The quantitative estimate of drug-likeness (QED) is 0.919. The highest BCUT2D eigenvalue weighted by atomic mass is 16.2. The summed E-state index contributed by atoms with van der Waals surface area (Å²) >= 11 is 0. The Hall–Kier alpha value is -2.41. The monoisotopic (exact) mass is 342 g/mol. The van der Waals surface area contributed by atoms with Crippen molar-refractivity contribution in [1.29, 1.82) is 0 Å². The Morgan fingerprint density at radius 3 is 2.60 bits per heavy atom. The van der Waals surface area contributed by atoms with Crippen molar-refractivity contribution in [3.63, 3.8) is 0 Å². The van der Waals surface area contributed by atoms with Crippen LogP contribution in [0.5, 0.6) is 0 Å². The molecular formula is C18H26N6O. The minimum atomic E-state index is -0.162. The van der Waals surface area contributed by atoms with E-state index in [1.165, 1.54) is 11.1 Å². The number of aromatic nitrogens is 3. The average molecular weight is 342 g/mol. The Morgan fingerprint density at radius 2 is 1.96 bits per heavy atom.